The Labute approximate surface area is 126 Å². The second-order valence-electron chi connectivity index (χ2n) is 4.30. The third-order valence-electron chi connectivity index (χ3n) is 2.84. The fourth-order valence-corrected chi connectivity index (χ4v) is 1.78. The summed E-state index contributed by atoms with van der Waals surface area (Å²) in [6.07, 6.45) is 2.61. The van der Waals surface area contributed by atoms with Gasteiger partial charge >= 0.3 is 5.88 Å². The molecule has 0 atom stereocenters. The number of benzene rings is 1. The van der Waals surface area contributed by atoms with Crippen LogP contribution in [0.25, 0.3) is 6.08 Å². The van der Waals surface area contributed by atoms with Gasteiger partial charge in [0.1, 0.15) is 16.4 Å². The molecule has 1 aromatic carbocycles. The molecule has 0 aliphatic carbocycles. The maximum absolute atomic E-state index is 11.7. The fourth-order valence-electron chi connectivity index (χ4n) is 1.78. The number of amides is 1. The Bertz CT molecular complexity index is 705. The van der Waals surface area contributed by atoms with Gasteiger partial charge in [-0.3, -0.25) is 14.9 Å². The summed E-state index contributed by atoms with van der Waals surface area (Å²) in [6.45, 7) is 0.311. The lowest BCUT2D eigenvalue weighted by Crippen LogP contribution is -2.20. The van der Waals surface area contributed by atoms with Gasteiger partial charge in [0.05, 0.1) is 13.2 Å². The van der Waals surface area contributed by atoms with Crippen LogP contribution in [0.15, 0.2) is 46.9 Å². The number of nitro groups is 1. The van der Waals surface area contributed by atoms with Crippen molar-refractivity contribution in [2.75, 3.05) is 7.11 Å². The van der Waals surface area contributed by atoms with E-state index in [1.165, 1.54) is 24.3 Å². The maximum Gasteiger partial charge on any atom is 0.433 e. The Balaban J connectivity index is 1.92. The SMILES string of the molecule is COc1ccccc1CNC(=O)/C=C/c1ccc([N+](=O)[O-])o1. The van der Waals surface area contributed by atoms with Crippen molar-refractivity contribution in [3.05, 3.63) is 63.9 Å². The molecular weight excluding hydrogens is 288 g/mol. The number of furan rings is 1. The first-order valence-electron chi connectivity index (χ1n) is 6.42. The van der Waals surface area contributed by atoms with Gasteiger partial charge in [-0.15, -0.1) is 0 Å². The van der Waals surface area contributed by atoms with Crippen LogP contribution in [0, 0.1) is 10.1 Å². The lowest BCUT2D eigenvalue weighted by Gasteiger charge is -2.08. The van der Waals surface area contributed by atoms with Gasteiger partial charge in [-0.2, -0.15) is 0 Å². The molecule has 0 fully saturated rings. The van der Waals surface area contributed by atoms with Gasteiger partial charge in [0, 0.05) is 18.2 Å². The van der Waals surface area contributed by atoms with Crippen LogP contribution >= 0.6 is 0 Å². The van der Waals surface area contributed by atoms with Crippen molar-refractivity contribution in [3.8, 4) is 5.75 Å². The Kier molecular flexibility index (Phi) is 4.92. The molecule has 2 rings (SSSR count). The zero-order chi connectivity index (χ0) is 15.9. The van der Waals surface area contributed by atoms with E-state index >= 15 is 0 Å². The van der Waals surface area contributed by atoms with Crippen LogP contribution < -0.4 is 10.1 Å². The Morgan fingerprint density at radius 1 is 1.36 bits per heavy atom. The molecule has 1 aromatic heterocycles. The highest BCUT2D eigenvalue weighted by Gasteiger charge is 2.10. The molecule has 0 saturated heterocycles. The summed E-state index contributed by atoms with van der Waals surface area (Å²) in [7, 11) is 1.56. The quantitative estimate of drug-likeness (QED) is 0.502. The molecule has 0 saturated carbocycles. The average molecular weight is 302 g/mol. The normalized spacial score (nSPS) is 10.6. The molecule has 114 valence electrons. The number of para-hydroxylation sites is 1. The van der Waals surface area contributed by atoms with Gasteiger partial charge in [0.15, 0.2) is 0 Å². The number of carbonyl (C=O) groups excluding carboxylic acids is 1. The third kappa shape index (κ3) is 3.95. The molecule has 1 N–H and O–H groups in total. The predicted octanol–water partition coefficient (Wildman–Crippen LogP) is 2.53. The highest BCUT2D eigenvalue weighted by atomic mass is 16.6. The molecule has 0 bridgehead atoms. The van der Waals surface area contributed by atoms with Gasteiger partial charge in [-0.25, -0.2) is 0 Å². The zero-order valence-electron chi connectivity index (χ0n) is 11.8. The van der Waals surface area contributed by atoms with Gasteiger partial charge in [0.25, 0.3) is 0 Å². The average Bonchev–Trinajstić information content (AvgIpc) is 3.00. The Morgan fingerprint density at radius 2 is 2.14 bits per heavy atom. The molecule has 7 nitrogen and oxygen atoms in total. The van der Waals surface area contributed by atoms with Crippen LogP contribution in [-0.4, -0.2) is 17.9 Å². The molecule has 1 heterocycles. The van der Waals surface area contributed by atoms with Crippen molar-refractivity contribution in [3.63, 3.8) is 0 Å². The van der Waals surface area contributed by atoms with Gasteiger partial charge in [-0.05, 0) is 18.2 Å². The molecule has 0 aliphatic rings. The highest BCUT2D eigenvalue weighted by molar-refractivity contribution is 5.91. The molecule has 0 spiro atoms. The van der Waals surface area contributed by atoms with E-state index in [1.807, 2.05) is 18.2 Å². The van der Waals surface area contributed by atoms with E-state index in [-0.39, 0.29) is 17.6 Å². The van der Waals surface area contributed by atoms with Crippen LogP contribution in [0.1, 0.15) is 11.3 Å². The summed E-state index contributed by atoms with van der Waals surface area (Å²) in [5.41, 5.74) is 0.848. The molecular formula is C15H14N2O5. The molecule has 22 heavy (non-hydrogen) atoms. The largest absolute Gasteiger partial charge is 0.496 e. The monoisotopic (exact) mass is 302 g/mol. The summed E-state index contributed by atoms with van der Waals surface area (Å²) in [4.78, 5) is 21.5. The van der Waals surface area contributed by atoms with E-state index in [4.69, 9.17) is 9.15 Å². The second-order valence-corrected chi connectivity index (χ2v) is 4.30. The molecule has 0 aliphatic heterocycles. The molecule has 1 amide bonds. The highest BCUT2D eigenvalue weighted by Crippen LogP contribution is 2.17. The minimum Gasteiger partial charge on any atom is -0.496 e. The molecule has 2 aromatic rings. The van der Waals surface area contributed by atoms with E-state index in [0.29, 0.717) is 12.3 Å². The minimum atomic E-state index is -0.640. The number of hydrogen-bond acceptors (Lipinski definition) is 5. The number of rotatable bonds is 6. The van der Waals surface area contributed by atoms with Gasteiger partial charge in [-0.1, -0.05) is 18.2 Å². The third-order valence-corrected chi connectivity index (χ3v) is 2.84. The lowest BCUT2D eigenvalue weighted by molar-refractivity contribution is -0.402. The fraction of sp³-hybridized carbons (Fsp3) is 0.133. The van der Waals surface area contributed by atoms with Crippen molar-refractivity contribution in [1.29, 1.82) is 0 Å². The van der Waals surface area contributed by atoms with Gasteiger partial charge in [0.2, 0.25) is 5.91 Å². The van der Waals surface area contributed by atoms with E-state index in [2.05, 4.69) is 5.32 Å². The van der Waals surface area contributed by atoms with Crippen LogP contribution in [0.3, 0.4) is 0 Å². The first kappa shape index (κ1) is 15.3. The summed E-state index contributed by atoms with van der Waals surface area (Å²) >= 11 is 0. The number of nitrogens with zero attached hydrogens (tertiary/aromatic N) is 1. The molecule has 7 heteroatoms. The minimum absolute atomic E-state index is 0.235. The number of nitrogens with one attached hydrogen (secondary N) is 1. The van der Waals surface area contributed by atoms with E-state index in [9.17, 15) is 14.9 Å². The van der Waals surface area contributed by atoms with Crippen molar-refractivity contribution >= 4 is 17.9 Å². The summed E-state index contributed by atoms with van der Waals surface area (Å²) in [5, 5.41) is 13.2. The van der Waals surface area contributed by atoms with Gasteiger partial charge < -0.3 is 14.5 Å². The maximum atomic E-state index is 11.7. The first-order chi connectivity index (χ1) is 10.6. The van der Waals surface area contributed by atoms with E-state index in [0.717, 1.165) is 5.56 Å². The Morgan fingerprint density at radius 3 is 2.82 bits per heavy atom. The number of carbonyl (C=O) groups is 1. The lowest BCUT2D eigenvalue weighted by atomic mass is 10.2. The summed E-state index contributed by atoms with van der Waals surface area (Å²) in [6, 6.07) is 9.99. The van der Waals surface area contributed by atoms with Crippen LogP contribution in [-0.2, 0) is 11.3 Å². The Hall–Kier alpha value is -3.09. The number of hydrogen-bond donors (Lipinski definition) is 1. The van der Waals surface area contributed by atoms with Crippen molar-refractivity contribution < 1.29 is 18.9 Å². The van der Waals surface area contributed by atoms with Crippen molar-refractivity contribution in [2.24, 2.45) is 0 Å². The van der Waals surface area contributed by atoms with Crippen LogP contribution in [0.5, 0.6) is 5.75 Å². The van der Waals surface area contributed by atoms with Crippen LogP contribution in [0.4, 0.5) is 5.88 Å². The predicted molar refractivity (Wildman–Crippen MR) is 79.2 cm³/mol. The standard InChI is InChI=1S/C15H14N2O5/c1-21-13-5-3-2-4-11(13)10-16-14(18)8-6-12-7-9-15(22-12)17(19)20/h2-9H,10H2,1H3,(H,16,18)/b8-6+. The first-order valence-corrected chi connectivity index (χ1v) is 6.42. The summed E-state index contributed by atoms with van der Waals surface area (Å²) in [5.74, 6) is 0.214. The topological polar surface area (TPSA) is 94.6 Å². The van der Waals surface area contributed by atoms with Crippen molar-refractivity contribution in [2.45, 2.75) is 6.54 Å². The molecule has 0 unspecified atom stereocenters. The van der Waals surface area contributed by atoms with Crippen molar-refractivity contribution in [1.82, 2.24) is 5.32 Å². The number of methoxy groups -OCH3 is 1. The number of ether oxygens (including phenoxy) is 1. The van der Waals surface area contributed by atoms with E-state index < -0.39 is 4.92 Å². The smallest absolute Gasteiger partial charge is 0.433 e. The summed E-state index contributed by atoms with van der Waals surface area (Å²) < 4.78 is 10.1. The van der Waals surface area contributed by atoms with Crippen LogP contribution in [0.2, 0.25) is 0 Å². The molecule has 0 radical (unpaired) electrons. The van der Waals surface area contributed by atoms with E-state index in [1.54, 1.807) is 13.2 Å². The zero-order valence-corrected chi connectivity index (χ0v) is 11.8. The second kappa shape index (κ2) is 7.07.